The monoisotopic (exact) mass is 537 g/mol. The molecule has 1 atom stereocenters. The van der Waals surface area contributed by atoms with Gasteiger partial charge in [-0.15, -0.1) is 0 Å². The Kier molecular flexibility index (Phi) is 8.11. The molecular formula is C23H31N5O8S. The quantitative estimate of drug-likeness (QED) is 0.375. The van der Waals surface area contributed by atoms with Crippen molar-refractivity contribution in [2.24, 2.45) is 0 Å². The van der Waals surface area contributed by atoms with Gasteiger partial charge in [-0.25, -0.2) is 13.1 Å². The molecule has 37 heavy (non-hydrogen) atoms. The van der Waals surface area contributed by atoms with Crippen LogP contribution in [0.15, 0.2) is 23.1 Å². The molecule has 1 amide bonds. The second-order valence-corrected chi connectivity index (χ2v) is 11.1. The van der Waals surface area contributed by atoms with Crippen molar-refractivity contribution in [1.29, 1.82) is 0 Å². The Morgan fingerprint density at radius 1 is 1.30 bits per heavy atom. The highest BCUT2D eigenvalue weighted by Gasteiger charge is 2.33. The molecule has 2 saturated heterocycles. The molecule has 2 aromatic rings. The van der Waals surface area contributed by atoms with E-state index in [4.69, 9.17) is 14.2 Å². The van der Waals surface area contributed by atoms with Crippen LogP contribution in [0.5, 0.6) is 11.6 Å². The lowest BCUT2D eigenvalue weighted by Gasteiger charge is -2.26. The Hall–Kier alpha value is -3.07. The fourth-order valence-corrected chi connectivity index (χ4v) is 5.75. The van der Waals surface area contributed by atoms with E-state index in [9.17, 15) is 23.3 Å². The van der Waals surface area contributed by atoms with E-state index in [-0.39, 0.29) is 66.4 Å². The number of amides is 1. The first kappa shape index (κ1) is 27.0. The molecule has 0 aliphatic carbocycles. The summed E-state index contributed by atoms with van der Waals surface area (Å²) in [6.45, 7) is 7.03. The molecule has 13 nitrogen and oxygen atoms in total. The molecule has 1 aromatic heterocycles. The van der Waals surface area contributed by atoms with Crippen LogP contribution in [0.1, 0.15) is 48.8 Å². The predicted octanol–water partition coefficient (Wildman–Crippen LogP) is 2.40. The van der Waals surface area contributed by atoms with Crippen molar-refractivity contribution in [1.82, 2.24) is 19.4 Å². The number of nitrogens with zero attached hydrogens (tertiary/aromatic N) is 4. The number of nitro benzene ring substituents is 1. The van der Waals surface area contributed by atoms with Crippen molar-refractivity contribution in [3.8, 4) is 11.6 Å². The third-order valence-electron chi connectivity index (χ3n) is 6.24. The van der Waals surface area contributed by atoms with E-state index in [1.165, 1.54) is 21.1 Å². The van der Waals surface area contributed by atoms with Gasteiger partial charge in [-0.3, -0.25) is 14.9 Å². The second-order valence-electron chi connectivity index (χ2n) is 9.17. The summed E-state index contributed by atoms with van der Waals surface area (Å²) in [4.78, 5) is 23.3. The van der Waals surface area contributed by atoms with Gasteiger partial charge in [0, 0.05) is 43.9 Å². The molecule has 4 rings (SSSR count). The molecule has 0 unspecified atom stereocenters. The van der Waals surface area contributed by atoms with Crippen molar-refractivity contribution in [3.63, 3.8) is 0 Å². The van der Waals surface area contributed by atoms with Gasteiger partial charge >= 0.3 is 0 Å². The maximum absolute atomic E-state index is 13.5. The van der Waals surface area contributed by atoms with E-state index in [1.807, 2.05) is 13.8 Å². The predicted molar refractivity (Wildman–Crippen MR) is 131 cm³/mol. The molecule has 0 radical (unpaired) electrons. The van der Waals surface area contributed by atoms with Gasteiger partial charge in [-0.2, -0.15) is 9.40 Å². The number of nitrogens with one attached hydrogen (secondary N) is 1. The van der Waals surface area contributed by atoms with Crippen LogP contribution >= 0.6 is 0 Å². The number of hydrogen-bond acceptors (Lipinski definition) is 9. The van der Waals surface area contributed by atoms with Gasteiger partial charge < -0.3 is 19.5 Å². The Morgan fingerprint density at radius 3 is 2.65 bits per heavy atom. The summed E-state index contributed by atoms with van der Waals surface area (Å²) in [6, 6.07) is 3.18. The number of ether oxygens (including phenoxy) is 3. The van der Waals surface area contributed by atoms with Crippen LogP contribution < -0.4 is 10.1 Å². The van der Waals surface area contributed by atoms with Crippen molar-refractivity contribution < 1.29 is 32.3 Å². The summed E-state index contributed by atoms with van der Waals surface area (Å²) in [7, 11) is -4.14. The number of carbonyl (C=O) groups is 1. The number of benzene rings is 1. The van der Waals surface area contributed by atoms with Crippen molar-refractivity contribution in [2.45, 2.75) is 50.7 Å². The average Bonchev–Trinajstić information content (AvgIpc) is 3.51. The number of non-ortho nitro benzene ring substituents is 1. The molecule has 2 fully saturated rings. The van der Waals surface area contributed by atoms with Gasteiger partial charge in [0.15, 0.2) is 5.69 Å². The Labute approximate surface area is 214 Å². The van der Waals surface area contributed by atoms with Crippen LogP contribution in [0.25, 0.3) is 0 Å². The van der Waals surface area contributed by atoms with Crippen molar-refractivity contribution >= 4 is 21.6 Å². The Balaban J connectivity index is 1.69. The number of carbonyl (C=O) groups excluding carboxylic acids is 1. The van der Waals surface area contributed by atoms with Crippen LogP contribution in [-0.2, 0) is 19.5 Å². The van der Waals surface area contributed by atoms with Crippen LogP contribution in [0, 0.1) is 17.0 Å². The first-order chi connectivity index (χ1) is 17.6. The third-order valence-corrected chi connectivity index (χ3v) is 8.16. The highest BCUT2D eigenvalue weighted by atomic mass is 32.2. The number of morpholine rings is 1. The molecule has 14 heteroatoms. The molecular weight excluding hydrogens is 506 g/mol. The highest BCUT2D eigenvalue weighted by molar-refractivity contribution is 7.89. The fraction of sp³-hybridized carbons (Fsp3) is 0.565. The standard InChI is InChI=1S/C23H31N5O8S/c1-15(2)27-23(16(3)21(25-27)22(29)24-14-18-5-4-10-35-18)36-19-7-6-17(28(30)31)13-20(19)37(32,33)26-8-11-34-12-9-26/h6-7,13,15,18H,4-5,8-12,14H2,1-3H3,(H,24,29)/t18-/m0/s1. The lowest BCUT2D eigenvalue weighted by molar-refractivity contribution is -0.385. The van der Waals surface area contributed by atoms with Crippen LogP contribution in [0.4, 0.5) is 5.69 Å². The van der Waals surface area contributed by atoms with E-state index in [0.717, 1.165) is 18.9 Å². The van der Waals surface area contributed by atoms with E-state index in [0.29, 0.717) is 18.7 Å². The molecule has 0 bridgehead atoms. The SMILES string of the molecule is Cc1c(C(=O)NC[C@@H]2CCCO2)nn(C(C)C)c1Oc1ccc([N+](=O)[O-])cc1S(=O)(=O)N1CCOCC1. The van der Waals surface area contributed by atoms with E-state index < -0.39 is 20.9 Å². The summed E-state index contributed by atoms with van der Waals surface area (Å²) >= 11 is 0. The van der Waals surface area contributed by atoms with Gasteiger partial charge in [-0.05, 0) is 39.7 Å². The summed E-state index contributed by atoms with van der Waals surface area (Å²) in [5.74, 6) is -0.333. The van der Waals surface area contributed by atoms with Gasteiger partial charge in [0.05, 0.1) is 30.3 Å². The molecule has 202 valence electrons. The molecule has 0 saturated carbocycles. The minimum Gasteiger partial charge on any atom is -0.438 e. The van der Waals surface area contributed by atoms with Crippen LogP contribution in [0.2, 0.25) is 0 Å². The molecule has 2 aliphatic rings. The Morgan fingerprint density at radius 2 is 2.03 bits per heavy atom. The van der Waals surface area contributed by atoms with Crippen LogP contribution in [0.3, 0.4) is 0 Å². The molecule has 1 N–H and O–H groups in total. The maximum Gasteiger partial charge on any atom is 0.272 e. The zero-order chi connectivity index (χ0) is 26.7. The molecule has 0 spiro atoms. The minimum atomic E-state index is -4.14. The largest absolute Gasteiger partial charge is 0.438 e. The maximum atomic E-state index is 13.5. The number of rotatable bonds is 9. The smallest absolute Gasteiger partial charge is 0.272 e. The lowest BCUT2D eigenvalue weighted by Crippen LogP contribution is -2.40. The summed E-state index contributed by atoms with van der Waals surface area (Å²) in [5, 5.41) is 18.7. The molecule has 2 aliphatic heterocycles. The normalized spacial score (nSPS) is 18.8. The number of sulfonamides is 1. The zero-order valence-electron chi connectivity index (χ0n) is 21.0. The average molecular weight is 538 g/mol. The van der Waals surface area contributed by atoms with Crippen molar-refractivity contribution in [3.05, 3.63) is 39.6 Å². The number of aromatic nitrogens is 2. The van der Waals surface area contributed by atoms with E-state index >= 15 is 0 Å². The van der Waals surface area contributed by atoms with Crippen molar-refractivity contribution in [2.75, 3.05) is 39.5 Å². The van der Waals surface area contributed by atoms with Gasteiger partial charge in [-0.1, -0.05) is 0 Å². The third kappa shape index (κ3) is 5.76. The minimum absolute atomic E-state index is 0.0415. The second kappa shape index (κ2) is 11.1. The summed E-state index contributed by atoms with van der Waals surface area (Å²) in [6.07, 6.45) is 1.78. The fourth-order valence-electron chi connectivity index (χ4n) is 4.21. The molecule has 3 heterocycles. The van der Waals surface area contributed by atoms with Gasteiger partial charge in [0.1, 0.15) is 10.6 Å². The number of hydrogen-bond donors (Lipinski definition) is 1. The first-order valence-corrected chi connectivity index (χ1v) is 13.6. The summed E-state index contributed by atoms with van der Waals surface area (Å²) in [5.41, 5.74) is 0.162. The molecule has 1 aromatic carbocycles. The van der Waals surface area contributed by atoms with E-state index in [2.05, 4.69) is 10.4 Å². The topological polar surface area (TPSA) is 155 Å². The zero-order valence-corrected chi connectivity index (χ0v) is 21.8. The van der Waals surface area contributed by atoms with Gasteiger partial charge in [0.2, 0.25) is 15.9 Å². The summed E-state index contributed by atoms with van der Waals surface area (Å²) < 4.78 is 46.5. The number of nitro groups is 1. The Bertz CT molecular complexity index is 1260. The lowest BCUT2D eigenvalue weighted by atomic mass is 10.2. The van der Waals surface area contributed by atoms with Gasteiger partial charge in [0.25, 0.3) is 11.6 Å². The highest BCUT2D eigenvalue weighted by Crippen LogP contribution is 2.37. The van der Waals surface area contributed by atoms with Crippen LogP contribution in [-0.4, -0.2) is 78.9 Å². The first-order valence-electron chi connectivity index (χ1n) is 12.1. The van der Waals surface area contributed by atoms with E-state index in [1.54, 1.807) is 6.92 Å².